The zero-order valence-electron chi connectivity index (χ0n) is 17.8. The van der Waals surface area contributed by atoms with Gasteiger partial charge in [-0.3, -0.25) is 4.79 Å². The molecule has 4 rings (SSSR count). The fourth-order valence-electron chi connectivity index (χ4n) is 3.40. The van der Waals surface area contributed by atoms with Crippen molar-refractivity contribution in [2.24, 2.45) is 0 Å². The highest BCUT2D eigenvalue weighted by molar-refractivity contribution is 6.03. The van der Waals surface area contributed by atoms with E-state index in [2.05, 4.69) is 10.4 Å². The molecule has 35 heavy (non-hydrogen) atoms. The zero-order chi connectivity index (χ0) is 25.2. The van der Waals surface area contributed by atoms with Gasteiger partial charge in [-0.1, -0.05) is 42.5 Å². The number of hydrogen-bond donors (Lipinski definition) is 2. The van der Waals surface area contributed by atoms with E-state index in [0.717, 1.165) is 10.7 Å². The zero-order valence-corrected chi connectivity index (χ0v) is 17.8. The van der Waals surface area contributed by atoms with Crippen LogP contribution in [0.3, 0.4) is 0 Å². The summed E-state index contributed by atoms with van der Waals surface area (Å²) in [6.07, 6.45) is -5.95. The summed E-state index contributed by atoms with van der Waals surface area (Å²) in [6, 6.07) is 20.1. The van der Waals surface area contributed by atoms with Crippen molar-refractivity contribution in [1.82, 2.24) is 9.78 Å². The van der Waals surface area contributed by atoms with Crippen molar-refractivity contribution in [2.45, 2.75) is 12.3 Å². The summed E-state index contributed by atoms with van der Waals surface area (Å²) in [5, 5.41) is 25.3. The number of aliphatic hydroxyl groups excluding tert-OH is 1. The Hall–Kier alpha value is -4.49. The Balaban J connectivity index is 1.66. The number of aliphatic hydroxyl groups is 1. The number of amides is 1. The van der Waals surface area contributed by atoms with Crippen LogP contribution in [0.15, 0.2) is 78.9 Å². The molecular weight excluding hydrogens is 464 g/mol. The van der Waals surface area contributed by atoms with Gasteiger partial charge < -0.3 is 10.4 Å². The average Bonchev–Trinajstić information content (AvgIpc) is 3.32. The summed E-state index contributed by atoms with van der Waals surface area (Å²) in [6.45, 7) is 0. The maximum absolute atomic E-state index is 14.8. The number of rotatable bonds is 5. The predicted molar refractivity (Wildman–Crippen MR) is 118 cm³/mol. The number of aromatic nitrogens is 2. The molecule has 1 heterocycles. The van der Waals surface area contributed by atoms with Crippen LogP contribution >= 0.6 is 0 Å². The topological polar surface area (TPSA) is 90.9 Å². The van der Waals surface area contributed by atoms with E-state index in [1.54, 1.807) is 30.3 Å². The molecule has 0 aliphatic carbocycles. The molecule has 0 spiro atoms. The van der Waals surface area contributed by atoms with Crippen molar-refractivity contribution in [1.29, 1.82) is 5.26 Å². The van der Waals surface area contributed by atoms with Gasteiger partial charge in [0.05, 0.1) is 23.0 Å². The minimum Gasteiger partial charge on any atom is -0.384 e. The first-order valence-corrected chi connectivity index (χ1v) is 10.2. The molecule has 0 aliphatic rings. The van der Waals surface area contributed by atoms with Gasteiger partial charge in [0.1, 0.15) is 17.6 Å². The number of nitrogens with one attached hydrogen (secondary N) is 1. The minimum absolute atomic E-state index is 0.0477. The third-order valence-electron chi connectivity index (χ3n) is 5.12. The van der Waals surface area contributed by atoms with Gasteiger partial charge in [0.25, 0.3) is 5.91 Å². The van der Waals surface area contributed by atoms with Gasteiger partial charge in [-0.05, 0) is 41.5 Å². The molecule has 0 saturated carbocycles. The summed E-state index contributed by atoms with van der Waals surface area (Å²) < 4.78 is 55.4. The van der Waals surface area contributed by atoms with Gasteiger partial charge in [-0.25, -0.2) is 9.07 Å². The highest BCUT2D eigenvalue weighted by atomic mass is 19.4. The first-order valence-electron chi connectivity index (χ1n) is 10.2. The van der Waals surface area contributed by atoms with Crippen LogP contribution in [0.4, 0.5) is 23.2 Å². The van der Waals surface area contributed by atoms with Crippen LogP contribution in [0.2, 0.25) is 0 Å². The van der Waals surface area contributed by atoms with E-state index in [1.807, 2.05) is 6.07 Å². The molecule has 0 bridgehead atoms. The highest BCUT2D eigenvalue weighted by Gasteiger charge is 2.36. The van der Waals surface area contributed by atoms with Crippen LogP contribution in [-0.2, 0) is 6.18 Å². The van der Waals surface area contributed by atoms with E-state index in [4.69, 9.17) is 5.26 Å². The second-order valence-electron chi connectivity index (χ2n) is 7.49. The van der Waals surface area contributed by atoms with Gasteiger partial charge in [0.2, 0.25) is 0 Å². The number of carbonyl (C=O) groups excluding carboxylic acids is 1. The lowest BCUT2D eigenvalue weighted by Gasteiger charge is -2.14. The summed E-state index contributed by atoms with van der Waals surface area (Å²) >= 11 is 0. The molecule has 176 valence electrons. The Labute approximate surface area is 196 Å². The van der Waals surface area contributed by atoms with Crippen LogP contribution in [-0.4, -0.2) is 20.8 Å². The summed E-state index contributed by atoms with van der Waals surface area (Å²) in [4.78, 5) is 12.9. The largest absolute Gasteiger partial charge is 0.435 e. The second kappa shape index (κ2) is 9.40. The molecule has 1 aromatic heterocycles. The molecule has 1 unspecified atom stereocenters. The Morgan fingerprint density at radius 3 is 2.40 bits per heavy atom. The van der Waals surface area contributed by atoms with E-state index in [1.165, 1.54) is 36.4 Å². The molecule has 1 amide bonds. The molecular formula is C25H16F4N4O2. The van der Waals surface area contributed by atoms with Crippen LogP contribution in [0.5, 0.6) is 0 Å². The Morgan fingerprint density at radius 2 is 1.74 bits per heavy atom. The number of alkyl halides is 3. The third kappa shape index (κ3) is 5.05. The van der Waals surface area contributed by atoms with Crippen molar-refractivity contribution >= 4 is 11.6 Å². The lowest BCUT2D eigenvalue weighted by Crippen LogP contribution is -2.18. The number of nitrogens with zero attached hydrogens (tertiary/aromatic N) is 3. The van der Waals surface area contributed by atoms with Gasteiger partial charge >= 0.3 is 6.18 Å². The van der Waals surface area contributed by atoms with Crippen molar-refractivity contribution in [3.63, 3.8) is 0 Å². The van der Waals surface area contributed by atoms with E-state index in [0.29, 0.717) is 11.6 Å². The number of hydrogen-bond acceptors (Lipinski definition) is 4. The first-order chi connectivity index (χ1) is 16.7. The minimum atomic E-state index is -4.84. The lowest BCUT2D eigenvalue weighted by molar-refractivity contribution is -0.141. The van der Waals surface area contributed by atoms with Crippen LogP contribution in [0.1, 0.15) is 39.0 Å². The van der Waals surface area contributed by atoms with Gasteiger partial charge in [0, 0.05) is 6.07 Å². The standard InChI is InChI=1S/C25H16F4N4O2/c26-19-12-17(23(34)16-6-2-1-3-7-16)9-10-20(19)31-24(35)21-13-22(25(27,28)29)32-33(21)18-8-4-5-15(11-18)14-30/h1-13,23,34H,(H,31,35). The quantitative estimate of drug-likeness (QED) is 0.383. The Bertz CT molecular complexity index is 1430. The van der Waals surface area contributed by atoms with Gasteiger partial charge in [-0.15, -0.1) is 0 Å². The number of benzene rings is 3. The molecule has 0 saturated heterocycles. The van der Waals surface area contributed by atoms with Crippen LogP contribution in [0.25, 0.3) is 5.69 Å². The normalized spacial score (nSPS) is 12.1. The predicted octanol–water partition coefficient (Wildman–Crippen LogP) is 5.24. The Morgan fingerprint density at radius 1 is 1.00 bits per heavy atom. The molecule has 0 fully saturated rings. The van der Waals surface area contributed by atoms with E-state index in [-0.39, 0.29) is 22.5 Å². The van der Waals surface area contributed by atoms with E-state index in [9.17, 15) is 27.5 Å². The van der Waals surface area contributed by atoms with Gasteiger partial charge in [-0.2, -0.15) is 23.5 Å². The summed E-state index contributed by atoms with van der Waals surface area (Å²) in [7, 11) is 0. The van der Waals surface area contributed by atoms with E-state index >= 15 is 0 Å². The number of halogens is 4. The third-order valence-corrected chi connectivity index (χ3v) is 5.12. The fraction of sp³-hybridized carbons (Fsp3) is 0.0800. The first kappa shape index (κ1) is 23.7. The molecule has 0 radical (unpaired) electrons. The van der Waals surface area contributed by atoms with Crippen LogP contribution < -0.4 is 5.32 Å². The van der Waals surface area contributed by atoms with Crippen molar-refractivity contribution in [3.05, 3.63) is 113 Å². The highest BCUT2D eigenvalue weighted by Crippen LogP contribution is 2.30. The number of carbonyl (C=O) groups is 1. The Kier molecular flexibility index (Phi) is 6.36. The summed E-state index contributed by atoms with van der Waals surface area (Å²) in [5.74, 6) is -1.94. The van der Waals surface area contributed by atoms with Crippen molar-refractivity contribution < 1.29 is 27.5 Å². The molecule has 0 aliphatic heterocycles. The molecule has 10 heteroatoms. The molecule has 2 N–H and O–H groups in total. The fourth-order valence-corrected chi connectivity index (χ4v) is 3.40. The smallest absolute Gasteiger partial charge is 0.384 e. The monoisotopic (exact) mass is 480 g/mol. The van der Waals surface area contributed by atoms with E-state index < -0.39 is 35.4 Å². The molecule has 6 nitrogen and oxygen atoms in total. The second-order valence-corrected chi connectivity index (χ2v) is 7.49. The molecule has 3 aromatic carbocycles. The lowest BCUT2D eigenvalue weighted by atomic mass is 10.0. The van der Waals surface area contributed by atoms with Crippen molar-refractivity contribution in [3.8, 4) is 11.8 Å². The SMILES string of the molecule is N#Cc1cccc(-n2nc(C(F)(F)F)cc2C(=O)Nc2ccc(C(O)c3ccccc3)cc2F)c1. The molecule has 1 atom stereocenters. The average molecular weight is 480 g/mol. The molecule has 4 aromatic rings. The maximum atomic E-state index is 14.8. The number of nitriles is 1. The summed E-state index contributed by atoms with van der Waals surface area (Å²) in [5.41, 5.74) is -1.18. The van der Waals surface area contributed by atoms with Gasteiger partial charge in [0.15, 0.2) is 5.69 Å². The van der Waals surface area contributed by atoms with Crippen molar-refractivity contribution in [2.75, 3.05) is 5.32 Å². The maximum Gasteiger partial charge on any atom is 0.435 e. The number of anilines is 1. The van der Waals surface area contributed by atoms with Crippen LogP contribution in [0, 0.1) is 17.1 Å².